The Bertz CT molecular complexity index is 428. The first-order valence-corrected chi connectivity index (χ1v) is 6.16. The summed E-state index contributed by atoms with van der Waals surface area (Å²) in [4.78, 5) is 9.03. The first-order valence-electron chi connectivity index (χ1n) is 6.16. The zero-order valence-electron chi connectivity index (χ0n) is 12.2. The lowest BCUT2D eigenvalue weighted by molar-refractivity contribution is 1.12. The van der Waals surface area contributed by atoms with Gasteiger partial charge in [-0.15, -0.1) is 0 Å². The molecule has 0 aliphatic heterocycles. The van der Waals surface area contributed by atoms with Crippen LogP contribution in [0, 0.1) is 0 Å². The Morgan fingerprint density at radius 3 is 2.17 bits per heavy atom. The molecule has 0 N–H and O–H groups in total. The van der Waals surface area contributed by atoms with Crippen molar-refractivity contribution < 1.29 is 0 Å². The van der Waals surface area contributed by atoms with E-state index in [9.17, 15) is 0 Å². The van der Waals surface area contributed by atoms with Crippen molar-refractivity contribution in [3.8, 4) is 0 Å². The van der Waals surface area contributed by atoms with E-state index in [0.29, 0.717) is 0 Å². The summed E-state index contributed by atoms with van der Waals surface area (Å²) in [7, 11) is 0. The van der Waals surface area contributed by atoms with Crippen LogP contribution in [0.2, 0.25) is 0 Å². The van der Waals surface area contributed by atoms with Gasteiger partial charge in [0.25, 0.3) is 0 Å². The molecule has 0 bridgehead atoms. The molecule has 0 radical (unpaired) electrons. The van der Waals surface area contributed by atoms with Crippen molar-refractivity contribution in [3.63, 3.8) is 0 Å². The van der Waals surface area contributed by atoms with Crippen molar-refractivity contribution in [2.45, 2.75) is 34.6 Å². The van der Waals surface area contributed by atoms with Crippen LogP contribution >= 0.6 is 0 Å². The van der Waals surface area contributed by atoms with Crippen LogP contribution in [0.4, 0.5) is 0 Å². The summed E-state index contributed by atoms with van der Waals surface area (Å²) >= 11 is 0. The Morgan fingerprint density at radius 2 is 1.78 bits per heavy atom. The quantitative estimate of drug-likeness (QED) is 0.485. The summed E-state index contributed by atoms with van der Waals surface area (Å²) in [5, 5.41) is 0. The van der Waals surface area contributed by atoms with Crippen molar-refractivity contribution in [1.29, 1.82) is 0 Å². The first kappa shape index (κ1) is 16.3. The highest BCUT2D eigenvalue weighted by Gasteiger charge is 2.07. The molecule has 0 unspecified atom stereocenters. The molecular weight excluding hydrogens is 220 g/mol. The van der Waals surface area contributed by atoms with E-state index in [1.165, 1.54) is 0 Å². The van der Waals surface area contributed by atoms with Gasteiger partial charge < -0.3 is 0 Å². The molecule has 0 spiro atoms. The molecule has 0 aromatic carbocycles. The fourth-order valence-corrected chi connectivity index (χ4v) is 1.44. The van der Waals surface area contributed by atoms with Crippen molar-refractivity contribution in [2.24, 2.45) is 9.98 Å². The van der Waals surface area contributed by atoms with Crippen LogP contribution in [0.25, 0.3) is 0 Å². The van der Waals surface area contributed by atoms with Crippen LogP contribution in [0.1, 0.15) is 34.6 Å². The highest BCUT2D eigenvalue weighted by Crippen LogP contribution is 2.12. The second-order valence-electron chi connectivity index (χ2n) is 4.34. The molecule has 0 rings (SSSR count). The largest absolute Gasteiger partial charge is 0.283 e. The van der Waals surface area contributed by atoms with Crippen LogP contribution in [-0.2, 0) is 0 Å². The van der Waals surface area contributed by atoms with Crippen molar-refractivity contribution >= 4 is 11.4 Å². The summed E-state index contributed by atoms with van der Waals surface area (Å²) in [5.74, 6) is 0. The van der Waals surface area contributed by atoms with Crippen molar-refractivity contribution in [1.82, 2.24) is 0 Å². The normalized spacial score (nSPS) is 13.3. The summed E-state index contributed by atoms with van der Waals surface area (Å²) < 4.78 is 0. The predicted octanol–water partition coefficient (Wildman–Crippen LogP) is 4.52. The molecule has 2 heteroatoms. The summed E-state index contributed by atoms with van der Waals surface area (Å²) in [6.45, 7) is 18.3. The summed E-state index contributed by atoms with van der Waals surface area (Å²) in [6, 6.07) is 0. The molecular formula is C16H24N2. The second-order valence-corrected chi connectivity index (χ2v) is 4.34. The van der Waals surface area contributed by atoms with Gasteiger partial charge in [-0.3, -0.25) is 9.98 Å². The first-order chi connectivity index (χ1) is 8.42. The molecule has 2 nitrogen and oxygen atoms in total. The smallest absolute Gasteiger partial charge is 0.0885 e. The fraction of sp³-hybridized carbons (Fsp3) is 0.375. The molecule has 0 saturated heterocycles. The maximum Gasteiger partial charge on any atom is 0.0885 e. The number of nitrogens with zero attached hydrogens (tertiary/aromatic N) is 2. The van der Waals surface area contributed by atoms with Crippen LogP contribution < -0.4 is 0 Å². The minimum Gasteiger partial charge on any atom is -0.283 e. The lowest BCUT2D eigenvalue weighted by Gasteiger charge is -2.08. The van der Waals surface area contributed by atoms with Crippen LogP contribution in [0.5, 0.6) is 0 Å². The monoisotopic (exact) mass is 244 g/mol. The number of hydrogen-bond donors (Lipinski definition) is 0. The third-order valence-electron chi connectivity index (χ3n) is 2.05. The zero-order valence-corrected chi connectivity index (χ0v) is 12.2. The molecule has 18 heavy (non-hydrogen) atoms. The van der Waals surface area contributed by atoms with Gasteiger partial charge in [0, 0.05) is 12.3 Å². The predicted molar refractivity (Wildman–Crippen MR) is 83.6 cm³/mol. The summed E-state index contributed by atoms with van der Waals surface area (Å²) in [6.07, 6.45) is 5.73. The molecule has 0 heterocycles. The molecule has 98 valence electrons. The van der Waals surface area contributed by atoms with Gasteiger partial charge in [-0.1, -0.05) is 25.3 Å². The lowest BCUT2D eigenvalue weighted by atomic mass is 10.1. The standard InChI is InChI=1S/C16H24N2/c1-8-10-14(7)11-15(18-13(5)6)16(12(3)4)17-9-2/h8,10-11H,1,3,9H2,2,4-7H3/b14-10+,15-11+,17-16?. The molecule has 0 amide bonds. The highest BCUT2D eigenvalue weighted by atomic mass is 14.8. The van der Waals surface area contributed by atoms with Crippen LogP contribution in [0.3, 0.4) is 0 Å². The molecule has 0 aliphatic carbocycles. The lowest BCUT2D eigenvalue weighted by Crippen LogP contribution is -2.05. The Labute approximate surface area is 111 Å². The minimum atomic E-state index is 0.724. The molecule has 0 saturated carbocycles. The molecule has 0 fully saturated rings. The Morgan fingerprint density at radius 1 is 1.17 bits per heavy atom. The van der Waals surface area contributed by atoms with Crippen molar-refractivity contribution in [2.75, 3.05) is 6.54 Å². The van der Waals surface area contributed by atoms with Gasteiger partial charge in [-0.2, -0.15) is 0 Å². The number of allylic oxidation sites excluding steroid dienone is 5. The van der Waals surface area contributed by atoms with Gasteiger partial charge in [0.05, 0.1) is 11.4 Å². The van der Waals surface area contributed by atoms with Crippen molar-refractivity contribution in [3.05, 3.63) is 48.2 Å². The van der Waals surface area contributed by atoms with E-state index < -0.39 is 0 Å². The maximum absolute atomic E-state index is 4.55. The number of rotatable bonds is 6. The Hall–Kier alpha value is -1.70. The molecule has 0 aliphatic rings. The minimum absolute atomic E-state index is 0.724. The average molecular weight is 244 g/mol. The van der Waals surface area contributed by atoms with E-state index in [1.807, 2.05) is 46.8 Å². The van der Waals surface area contributed by atoms with E-state index in [4.69, 9.17) is 0 Å². The van der Waals surface area contributed by atoms with Gasteiger partial charge in [0.1, 0.15) is 0 Å². The molecule has 0 atom stereocenters. The second kappa shape index (κ2) is 8.40. The van der Waals surface area contributed by atoms with Crippen LogP contribution in [-0.4, -0.2) is 18.0 Å². The van der Waals surface area contributed by atoms with Gasteiger partial charge in [-0.05, 0) is 51.8 Å². The van der Waals surface area contributed by atoms with Gasteiger partial charge >= 0.3 is 0 Å². The van der Waals surface area contributed by atoms with Gasteiger partial charge in [-0.25, -0.2) is 0 Å². The third kappa shape index (κ3) is 6.14. The van der Waals surface area contributed by atoms with Gasteiger partial charge in [0.15, 0.2) is 0 Å². The SMILES string of the molecule is C=C/C=C(C)/C=C(/N=C(C)C)C(=NCC)C(=C)C. The van der Waals surface area contributed by atoms with E-state index in [2.05, 4.69) is 23.1 Å². The Kier molecular flexibility index (Phi) is 7.61. The molecule has 0 aromatic heterocycles. The van der Waals surface area contributed by atoms with E-state index >= 15 is 0 Å². The third-order valence-corrected chi connectivity index (χ3v) is 2.05. The van der Waals surface area contributed by atoms with E-state index in [1.54, 1.807) is 6.08 Å². The summed E-state index contributed by atoms with van der Waals surface area (Å²) in [5.41, 5.74) is 4.75. The van der Waals surface area contributed by atoms with E-state index in [0.717, 1.165) is 34.8 Å². The van der Waals surface area contributed by atoms with Gasteiger partial charge in [0.2, 0.25) is 0 Å². The Balaban J connectivity index is 5.69. The number of hydrogen-bond acceptors (Lipinski definition) is 2. The maximum atomic E-state index is 4.55. The molecule has 0 aromatic rings. The van der Waals surface area contributed by atoms with E-state index in [-0.39, 0.29) is 0 Å². The average Bonchev–Trinajstić information content (AvgIpc) is 2.24. The topological polar surface area (TPSA) is 24.7 Å². The fourth-order valence-electron chi connectivity index (χ4n) is 1.44. The highest BCUT2D eigenvalue weighted by molar-refractivity contribution is 6.12. The van der Waals surface area contributed by atoms with Crippen LogP contribution in [0.15, 0.2) is 58.2 Å². The zero-order chi connectivity index (χ0) is 14.1. The number of aliphatic imine (C=N–C) groups is 2.